The number of nitrogens with one attached hydrogen (secondary N) is 1. The standard InChI is InChI=1S/C22H23F13N2O2/c1-2-3-4-5-6-7-12-39-15-10-8-14(9-11-15)13-36-37-16(38)17(23,24)18(25,26)19(27,28)20(29,30)21(31,32)22(33,34)35/h8-11,13H,2-7,12H2,1H3,(H,37,38)/b36-13-. The average Bonchev–Trinajstić information content (AvgIpc) is 2.83. The van der Waals surface area contributed by atoms with Crippen LogP contribution in [0.3, 0.4) is 0 Å². The molecule has 0 aliphatic heterocycles. The first-order valence-electron chi connectivity index (χ1n) is 11.2. The highest BCUT2D eigenvalue weighted by Gasteiger charge is 2.91. The third-order valence-electron chi connectivity index (χ3n) is 5.24. The lowest BCUT2D eigenvalue weighted by molar-refractivity contribution is -0.436. The summed E-state index contributed by atoms with van der Waals surface area (Å²) >= 11 is 0. The van der Waals surface area contributed by atoms with Crippen LogP contribution in [0.2, 0.25) is 0 Å². The number of nitrogens with zero attached hydrogens (tertiary/aromatic N) is 1. The molecule has 1 aromatic rings. The Labute approximate surface area is 213 Å². The number of hydrogen-bond donors (Lipinski definition) is 1. The van der Waals surface area contributed by atoms with E-state index in [1.54, 1.807) is 0 Å². The van der Waals surface area contributed by atoms with Gasteiger partial charge in [-0.2, -0.15) is 62.2 Å². The molecule has 0 fully saturated rings. The van der Waals surface area contributed by atoms with E-state index in [1.807, 2.05) is 0 Å². The zero-order valence-electron chi connectivity index (χ0n) is 20.0. The van der Waals surface area contributed by atoms with Gasteiger partial charge in [-0.25, -0.2) is 5.43 Å². The van der Waals surface area contributed by atoms with E-state index < -0.39 is 41.7 Å². The van der Waals surface area contributed by atoms with Crippen molar-refractivity contribution < 1.29 is 66.6 Å². The molecule has 1 amide bonds. The van der Waals surface area contributed by atoms with Gasteiger partial charge in [0.25, 0.3) is 0 Å². The van der Waals surface area contributed by atoms with E-state index in [-0.39, 0.29) is 5.56 Å². The number of unbranched alkanes of at least 4 members (excludes halogenated alkanes) is 5. The Morgan fingerprint density at radius 2 is 1.23 bits per heavy atom. The fourth-order valence-electron chi connectivity index (χ4n) is 2.87. The number of carbonyl (C=O) groups is 1. The highest BCUT2D eigenvalue weighted by atomic mass is 19.4. The third kappa shape index (κ3) is 7.26. The molecule has 39 heavy (non-hydrogen) atoms. The molecule has 0 atom stereocenters. The second-order valence-corrected chi connectivity index (χ2v) is 8.25. The fraction of sp³-hybridized carbons (Fsp3) is 0.636. The molecule has 1 aromatic carbocycles. The first kappa shape index (κ1) is 34.3. The number of alkyl halides is 13. The zero-order valence-corrected chi connectivity index (χ0v) is 20.0. The van der Waals surface area contributed by atoms with Crippen LogP contribution in [0, 0.1) is 0 Å². The summed E-state index contributed by atoms with van der Waals surface area (Å²) in [6.45, 7) is 2.44. The smallest absolute Gasteiger partial charge is 0.460 e. The van der Waals surface area contributed by atoms with Gasteiger partial charge in [0.2, 0.25) is 0 Å². The van der Waals surface area contributed by atoms with Gasteiger partial charge in [0.05, 0.1) is 12.8 Å². The second kappa shape index (κ2) is 12.6. The van der Waals surface area contributed by atoms with Crippen LogP contribution in [0.15, 0.2) is 29.4 Å². The lowest BCUT2D eigenvalue weighted by Gasteiger charge is -2.38. The Hall–Kier alpha value is -2.75. The minimum atomic E-state index is -8.09. The van der Waals surface area contributed by atoms with Crippen molar-refractivity contribution in [2.75, 3.05) is 6.61 Å². The summed E-state index contributed by atoms with van der Waals surface area (Å²) in [7, 11) is 0. The van der Waals surface area contributed by atoms with Crippen molar-refractivity contribution in [1.29, 1.82) is 0 Å². The summed E-state index contributed by atoms with van der Waals surface area (Å²) in [6.07, 6.45) is -0.989. The van der Waals surface area contributed by atoms with Gasteiger partial charge in [-0.3, -0.25) is 4.79 Å². The van der Waals surface area contributed by atoms with Crippen molar-refractivity contribution in [1.82, 2.24) is 5.43 Å². The molecular formula is C22H23F13N2O2. The quantitative estimate of drug-likeness (QED) is 0.0984. The predicted molar refractivity (Wildman–Crippen MR) is 112 cm³/mol. The number of carbonyl (C=O) groups excluding carboxylic acids is 1. The summed E-state index contributed by atoms with van der Waals surface area (Å²) in [5.41, 5.74) is 0.628. The van der Waals surface area contributed by atoms with Gasteiger partial charge in [-0.05, 0) is 36.2 Å². The monoisotopic (exact) mass is 594 g/mol. The van der Waals surface area contributed by atoms with Crippen LogP contribution >= 0.6 is 0 Å². The molecule has 17 heteroatoms. The van der Waals surface area contributed by atoms with Crippen molar-refractivity contribution in [3.63, 3.8) is 0 Å². The average molecular weight is 594 g/mol. The van der Waals surface area contributed by atoms with E-state index in [0.29, 0.717) is 24.0 Å². The topological polar surface area (TPSA) is 50.7 Å². The van der Waals surface area contributed by atoms with Gasteiger partial charge >= 0.3 is 41.7 Å². The number of amides is 1. The van der Waals surface area contributed by atoms with Crippen LogP contribution < -0.4 is 10.2 Å². The van der Waals surface area contributed by atoms with Crippen molar-refractivity contribution in [2.45, 2.75) is 81.2 Å². The molecule has 0 spiro atoms. The Morgan fingerprint density at radius 1 is 0.744 bits per heavy atom. The maximum absolute atomic E-state index is 13.7. The summed E-state index contributed by atoms with van der Waals surface area (Å²) < 4.78 is 175. The van der Waals surface area contributed by atoms with Crippen molar-refractivity contribution in [2.24, 2.45) is 5.10 Å². The molecular weight excluding hydrogens is 571 g/mol. The van der Waals surface area contributed by atoms with Gasteiger partial charge in [0, 0.05) is 0 Å². The summed E-state index contributed by atoms with van der Waals surface area (Å²) in [5, 5.41) is 2.75. The van der Waals surface area contributed by atoms with Gasteiger partial charge in [0.1, 0.15) is 5.75 Å². The van der Waals surface area contributed by atoms with Gasteiger partial charge in [0.15, 0.2) is 0 Å². The molecule has 0 bridgehead atoms. The van der Waals surface area contributed by atoms with Crippen molar-refractivity contribution >= 4 is 12.1 Å². The molecule has 224 valence electrons. The predicted octanol–water partition coefficient (Wildman–Crippen LogP) is 7.61. The van der Waals surface area contributed by atoms with Crippen molar-refractivity contribution in [3.05, 3.63) is 29.8 Å². The molecule has 0 radical (unpaired) electrons. The largest absolute Gasteiger partial charge is 0.494 e. The highest BCUT2D eigenvalue weighted by Crippen LogP contribution is 2.60. The maximum Gasteiger partial charge on any atom is 0.460 e. The Bertz CT molecular complexity index is 962. The lowest BCUT2D eigenvalue weighted by Crippen LogP contribution is -2.71. The zero-order chi connectivity index (χ0) is 30.3. The maximum atomic E-state index is 13.7. The van der Waals surface area contributed by atoms with E-state index in [9.17, 15) is 61.9 Å². The molecule has 0 saturated heterocycles. The van der Waals surface area contributed by atoms with Crippen LogP contribution in [-0.2, 0) is 4.79 Å². The number of benzene rings is 1. The first-order chi connectivity index (χ1) is 17.7. The molecule has 0 unspecified atom stereocenters. The van der Waals surface area contributed by atoms with E-state index >= 15 is 0 Å². The molecule has 0 aliphatic rings. The normalized spacial score (nSPS) is 14.1. The molecule has 0 aliphatic carbocycles. The van der Waals surface area contributed by atoms with E-state index in [1.165, 1.54) is 24.3 Å². The summed E-state index contributed by atoms with van der Waals surface area (Å²) in [5.74, 6) is -41.8. The number of hydrogen-bond acceptors (Lipinski definition) is 3. The molecule has 0 heterocycles. The lowest BCUT2D eigenvalue weighted by atomic mass is 9.93. The Balaban J connectivity index is 2.86. The number of halogens is 13. The number of rotatable bonds is 15. The SMILES string of the molecule is CCCCCCCCOc1ccc(/C=N\NC(=O)C(F)(F)C(F)(F)C(F)(F)C(F)(F)C(F)(F)C(F)(F)F)cc1. The highest BCUT2D eigenvalue weighted by molar-refractivity contribution is 5.87. The van der Waals surface area contributed by atoms with Gasteiger partial charge in [-0.1, -0.05) is 39.0 Å². The van der Waals surface area contributed by atoms with E-state index in [4.69, 9.17) is 4.74 Å². The van der Waals surface area contributed by atoms with Crippen LogP contribution in [0.4, 0.5) is 57.1 Å². The summed E-state index contributed by atoms with van der Waals surface area (Å²) in [4.78, 5) is 11.3. The molecule has 1 rings (SSSR count). The number of hydrazone groups is 1. The molecule has 0 saturated carbocycles. The van der Waals surface area contributed by atoms with Crippen molar-refractivity contribution in [3.8, 4) is 5.75 Å². The Morgan fingerprint density at radius 3 is 1.74 bits per heavy atom. The minimum Gasteiger partial charge on any atom is -0.494 e. The fourth-order valence-corrected chi connectivity index (χ4v) is 2.87. The summed E-state index contributed by atoms with van der Waals surface area (Å²) in [6, 6.07) is 5.17. The Kier molecular flexibility index (Phi) is 11.1. The van der Waals surface area contributed by atoms with Crippen LogP contribution in [0.5, 0.6) is 5.75 Å². The van der Waals surface area contributed by atoms with Gasteiger partial charge in [-0.15, -0.1) is 0 Å². The second-order valence-electron chi connectivity index (χ2n) is 8.25. The minimum absolute atomic E-state index is 0.000949. The van der Waals surface area contributed by atoms with E-state index in [2.05, 4.69) is 12.0 Å². The molecule has 0 aromatic heterocycles. The van der Waals surface area contributed by atoms with Crippen LogP contribution in [-0.4, -0.2) is 54.5 Å². The van der Waals surface area contributed by atoms with E-state index in [0.717, 1.165) is 38.5 Å². The third-order valence-corrected chi connectivity index (χ3v) is 5.24. The number of ether oxygens (including phenoxy) is 1. The van der Waals surface area contributed by atoms with Crippen LogP contribution in [0.25, 0.3) is 0 Å². The van der Waals surface area contributed by atoms with Crippen LogP contribution in [0.1, 0.15) is 51.0 Å². The first-order valence-corrected chi connectivity index (χ1v) is 11.2. The molecule has 4 nitrogen and oxygen atoms in total. The van der Waals surface area contributed by atoms with Gasteiger partial charge < -0.3 is 4.74 Å². The molecule has 1 N–H and O–H groups in total.